The van der Waals surface area contributed by atoms with Gasteiger partial charge in [-0.05, 0) is 126 Å². The third kappa shape index (κ3) is 4.62. The quantitative estimate of drug-likeness (QED) is 0.304. The first-order chi connectivity index (χ1) is 18.4. The predicted octanol–water partition coefficient (Wildman–Crippen LogP) is 7.69. The number of hydrogen-bond acceptors (Lipinski definition) is 2. The van der Waals surface area contributed by atoms with E-state index in [9.17, 15) is 0 Å². The van der Waals surface area contributed by atoms with Crippen LogP contribution in [0.25, 0.3) is 0 Å². The molecule has 3 aromatic rings. The summed E-state index contributed by atoms with van der Waals surface area (Å²) in [5.41, 5.74) is 16.4. The monoisotopic (exact) mass is 556 g/mol. The predicted molar refractivity (Wildman–Crippen MR) is 177 cm³/mol. The molecular weight excluding hydrogens is 517 g/mol. The molecule has 0 aromatic heterocycles. The zero-order valence-corrected chi connectivity index (χ0v) is 26.5. The summed E-state index contributed by atoms with van der Waals surface area (Å²) in [6.45, 7) is 23.2. The molecule has 2 saturated heterocycles. The molecule has 0 amide bonds. The molecule has 4 nitrogen and oxygen atoms in total. The van der Waals surface area contributed by atoms with Crippen LogP contribution < -0.4 is 19.6 Å². The van der Waals surface area contributed by atoms with E-state index in [2.05, 4.69) is 112 Å². The van der Waals surface area contributed by atoms with Gasteiger partial charge in [-0.1, -0.05) is 41.5 Å². The van der Waals surface area contributed by atoms with Crippen molar-refractivity contribution < 1.29 is 0 Å². The van der Waals surface area contributed by atoms with Crippen molar-refractivity contribution >= 4 is 57.4 Å². The van der Waals surface area contributed by atoms with Gasteiger partial charge in [0.2, 0.25) is 0 Å². The second-order valence-corrected chi connectivity index (χ2v) is 12.2. The Kier molecular flexibility index (Phi) is 7.23. The van der Waals surface area contributed by atoms with E-state index in [1.54, 1.807) is 0 Å². The molecule has 39 heavy (non-hydrogen) atoms. The van der Waals surface area contributed by atoms with Crippen LogP contribution in [0.1, 0.15) is 50.1 Å². The van der Waals surface area contributed by atoms with E-state index < -0.39 is 0 Å². The second kappa shape index (κ2) is 10.2. The van der Waals surface area contributed by atoms with E-state index >= 15 is 0 Å². The van der Waals surface area contributed by atoms with E-state index in [0.29, 0.717) is 0 Å². The Morgan fingerprint density at radius 1 is 0.410 bits per heavy atom. The number of hydrogen-bond donors (Lipinski definition) is 0. The molecule has 0 atom stereocenters. The van der Waals surface area contributed by atoms with Crippen molar-refractivity contribution in [1.29, 1.82) is 0 Å². The summed E-state index contributed by atoms with van der Waals surface area (Å²) in [5, 5.41) is 1.75. The van der Waals surface area contributed by atoms with Crippen molar-refractivity contribution in [1.82, 2.24) is 0 Å². The highest BCUT2D eigenvalue weighted by Gasteiger charge is 2.35. The largest absolute Gasteiger partial charge is 0.316 e. The highest BCUT2D eigenvalue weighted by molar-refractivity contribution is 7.81. The maximum atomic E-state index is 6.16. The standard InChI is InChI=1S/C33H40N4S2/c1-19-14-21(3)28(22(4)15-19)34-10-12-36(32(34)38)30-25(7)18-26(8)31(27(30)9)37-13-11-35(33(37)39)29-23(5)16-20(2)17-24(29)6/h14-18H,10-13H2,1-9H3. The summed E-state index contributed by atoms with van der Waals surface area (Å²) in [7, 11) is 0. The molecule has 0 radical (unpaired) electrons. The third-order valence-electron chi connectivity index (χ3n) is 8.26. The molecule has 2 aliphatic rings. The fourth-order valence-electron chi connectivity index (χ4n) is 7.10. The summed E-state index contributed by atoms with van der Waals surface area (Å²) in [4.78, 5) is 9.33. The highest BCUT2D eigenvalue weighted by atomic mass is 32.1. The Morgan fingerprint density at radius 3 is 0.974 bits per heavy atom. The van der Waals surface area contributed by atoms with E-state index in [1.165, 1.54) is 72.8 Å². The Labute approximate surface area is 245 Å². The lowest BCUT2D eigenvalue weighted by molar-refractivity contribution is 0.994. The maximum absolute atomic E-state index is 6.16. The van der Waals surface area contributed by atoms with Crippen molar-refractivity contribution in [3.8, 4) is 0 Å². The minimum atomic E-state index is 0.869. The van der Waals surface area contributed by atoms with Crippen LogP contribution in [0.2, 0.25) is 0 Å². The number of benzene rings is 3. The lowest BCUT2D eigenvalue weighted by Crippen LogP contribution is -2.35. The lowest BCUT2D eigenvalue weighted by atomic mass is 10.00. The summed E-state index contributed by atoms with van der Waals surface area (Å²) >= 11 is 12.3. The van der Waals surface area contributed by atoms with Gasteiger partial charge in [-0.25, -0.2) is 0 Å². The number of aryl methyl sites for hydroxylation is 8. The first-order valence-electron chi connectivity index (χ1n) is 13.8. The Morgan fingerprint density at radius 2 is 0.667 bits per heavy atom. The number of anilines is 4. The first kappa shape index (κ1) is 27.6. The van der Waals surface area contributed by atoms with Gasteiger partial charge in [0.25, 0.3) is 0 Å². The van der Waals surface area contributed by atoms with E-state index in [1.807, 2.05) is 0 Å². The zero-order valence-electron chi connectivity index (χ0n) is 24.8. The molecule has 6 heteroatoms. The number of rotatable bonds is 4. The van der Waals surface area contributed by atoms with Crippen molar-refractivity contribution in [2.75, 3.05) is 45.8 Å². The molecule has 0 bridgehead atoms. The third-order valence-corrected chi connectivity index (χ3v) is 9.14. The minimum absolute atomic E-state index is 0.869. The van der Waals surface area contributed by atoms with Crippen LogP contribution in [0.4, 0.5) is 22.7 Å². The molecule has 204 valence electrons. The van der Waals surface area contributed by atoms with Gasteiger partial charge in [-0.15, -0.1) is 0 Å². The van der Waals surface area contributed by atoms with Crippen LogP contribution in [-0.4, -0.2) is 36.4 Å². The van der Waals surface area contributed by atoms with Crippen LogP contribution in [0.5, 0.6) is 0 Å². The fraction of sp³-hybridized carbons (Fsp3) is 0.394. The maximum Gasteiger partial charge on any atom is 0.180 e. The van der Waals surface area contributed by atoms with Gasteiger partial charge < -0.3 is 19.6 Å². The van der Waals surface area contributed by atoms with Gasteiger partial charge in [-0.2, -0.15) is 0 Å². The lowest BCUT2D eigenvalue weighted by Gasteiger charge is -2.31. The van der Waals surface area contributed by atoms with Crippen molar-refractivity contribution in [3.63, 3.8) is 0 Å². The topological polar surface area (TPSA) is 13.0 Å². The molecule has 0 saturated carbocycles. The molecule has 2 aliphatic heterocycles. The summed E-state index contributed by atoms with van der Waals surface area (Å²) in [6.07, 6.45) is 0. The van der Waals surface area contributed by atoms with Gasteiger partial charge in [0.05, 0.1) is 11.4 Å². The molecule has 0 unspecified atom stereocenters. The average Bonchev–Trinajstić information content (AvgIpc) is 3.36. The molecule has 3 aromatic carbocycles. The van der Waals surface area contributed by atoms with Crippen LogP contribution in [-0.2, 0) is 0 Å². The Bertz CT molecular complexity index is 1370. The molecule has 0 spiro atoms. The highest BCUT2D eigenvalue weighted by Crippen LogP contribution is 2.41. The number of nitrogens with zero attached hydrogens (tertiary/aromatic N) is 4. The van der Waals surface area contributed by atoms with Crippen molar-refractivity contribution in [2.24, 2.45) is 0 Å². The van der Waals surface area contributed by atoms with Crippen molar-refractivity contribution in [3.05, 3.63) is 80.4 Å². The van der Waals surface area contributed by atoms with Gasteiger partial charge in [0, 0.05) is 37.6 Å². The molecule has 5 rings (SSSR count). The second-order valence-electron chi connectivity index (χ2n) is 11.5. The van der Waals surface area contributed by atoms with Gasteiger partial charge in [0.15, 0.2) is 10.2 Å². The van der Waals surface area contributed by atoms with Gasteiger partial charge >= 0.3 is 0 Å². The summed E-state index contributed by atoms with van der Waals surface area (Å²) in [5.74, 6) is 0. The molecule has 0 N–H and O–H groups in total. The fourth-order valence-corrected chi connectivity index (χ4v) is 7.83. The van der Waals surface area contributed by atoms with Crippen LogP contribution in [0, 0.1) is 62.3 Å². The smallest absolute Gasteiger partial charge is 0.180 e. The summed E-state index contributed by atoms with van der Waals surface area (Å²) in [6, 6.07) is 11.3. The molecular formula is C33H40N4S2. The van der Waals surface area contributed by atoms with Crippen LogP contribution >= 0.6 is 24.4 Å². The normalized spacial score (nSPS) is 15.8. The zero-order chi connectivity index (χ0) is 28.3. The SMILES string of the molecule is Cc1cc(C)c(N2CCN(c3c(C)cc(C)c(N4CCN(c5c(C)cc(C)cc5C)C4=S)c3C)C2=S)c(C)c1. The summed E-state index contributed by atoms with van der Waals surface area (Å²) < 4.78 is 0. The van der Waals surface area contributed by atoms with Crippen LogP contribution in [0.15, 0.2) is 30.3 Å². The average molecular weight is 557 g/mol. The van der Waals surface area contributed by atoms with Gasteiger partial charge in [0.1, 0.15) is 0 Å². The van der Waals surface area contributed by atoms with E-state index in [-0.39, 0.29) is 0 Å². The Balaban J connectivity index is 1.51. The van der Waals surface area contributed by atoms with Gasteiger partial charge in [-0.3, -0.25) is 0 Å². The first-order valence-corrected chi connectivity index (χ1v) is 14.7. The molecule has 2 heterocycles. The minimum Gasteiger partial charge on any atom is -0.316 e. The van der Waals surface area contributed by atoms with Crippen LogP contribution in [0.3, 0.4) is 0 Å². The Hall–Kier alpha value is -2.96. The van der Waals surface area contributed by atoms with E-state index in [4.69, 9.17) is 24.4 Å². The number of thiocarbonyl (C=S) groups is 2. The molecule has 0 aliphatic carbocycles. The molecule has 2 fully saturated rings. The van der Waals surface area contributed by atoms with E-state index in [0.717, 1.165) is 36.4 Å². The van der Waals surface area contributed by atoms with Crippen molar-refractivity contribution in [2.45, 2.75) is 62.3 Å².